The first kappa shape index (κ1) is 19.1. The van der Waals surface area contributed by atoms with Gasteiger partial charge in [0.1, 0.15) is 4.32 Å². The molecule has 0 bridgehead atoms. The van der Waals surface area contributed by atoms with Gasteiger partial charge in [-0.3, -0.25) is 9.69 Å². The molecule has 0 unspecified atom stereocenters. The molecular weight excluding hydrogens is 362 g/mol. The summed E-state index contributed by atoms with van der Waals surface area (Å²) in [5.41, 5.74) is 1.95. The second-order valence-corrected chi connectivity index (χ2v) is 7.07. The number of hydrogen-bond acceptors (Lipinski definition) is 7. The molecule has 8 heteroatoms. The number of thiocarbonyl (C=S) groups is 1. The van der Waals surface area contributed by atoms with Gasteiger partial charge in [-0.2, -0.15) is 0 Å². The molecule has 0 radical (unpaired) electrons. The van der Waals surface area contributed by atoms with Crippen molar-refractivity contribution in [3.8, 4) is 0 Å². The molecule has 132 valence electrons. The largest absolute Gasteiger partial charge is 0.550 e. The number of aryl methyl sites for hydroxylation is 1. The number of rotatable bonds is 7. The molecule has 0 saturated carbocycles. The summed E-state index contributed by atoms with van der Waals surface area (Å²) in [6.07, 6.45) is 1.70. The Kier molecular flexibility index (Phi) is 6.33. The summed E-state index contributed by atoms with van der Waals surface area (Å²) < 4.78 is 0.0639. The molecule has 0 aliphatic carbocycles. The Morgan fingerprint density at radius 1 is 1.28 bits per heavy atom. The lowest BCUT2D eigenvalue weighted by Crippen LogP contribution is -2.50. The fraction of sp³-hybridized carbons (Fsp3) is 0.294. The minimum Gasteiger partial charge on any atom is -0.550 e. The highest BCUT2D eigenvalue weighted by Crippen LogP contribution is 2.34. The third-order valence-corrected chi connectivity index (χ3v) is 5.05. The van der Waals surface area contributed by atoms with Crippen molar-refractivity contribution in [1.29, 1.82) is 0 Å². The van der Waals surface area contributed by atoms with Crippen LogP contribution in [0.3, 0.4) is 0 Å². The van der Waals surface area contributed by atoms with Crippen LogP contribution >= 0.6 is 24.0 Å². The van der Waals surface area contributed by atoms with Gasteiger partial charge in [0, 0.05) is 5.97 Å². The maximum atomic E-state index is 12.5. The molecular formula is C17H15NO5S2-2. The Morgan fingerprint density at radius 2 is 1.92 bits per heavy atom. The number of amides is 1. The minimum absolute atomic E-state index is 0.0639. The first-order valence-electron chi connectivity index (χ1n) is 7.60. The summed E-state index contributed by atoms with van der Waals surface area (Å²) in [5.74, 6) is -3.52. The molecule has 0 aromatic heterocycles. The quantitative estimate of drug-likeness (QED) is 0.491. The van der Waals surface area contributed by atoms with Crippen molar-refractivity contribution in [2.75, 3.05) is 0 Å². The topological polar surface area (TPSA) is 101 Å². The van der Waals surface area contributed by atoms with Crippen LogP contribution in [0.4, 0.5) is 0 Å². The van der Waals surface area contributed by atoms with Gasteiger partial charge in [-0.15, -0.1) is 0 Å². The van der Waals surface area contributed by atoms with E-state index in [1.807, 2.05) is 31.2 Å². The number of thioether (sulfide) groups is 1. The lowest BCUT2D eigenvalue weighted by Gasteiger charge is -2.27. The summed E-state index contributed by atoms with van der Waals surface area (Å²) in [6.45, 7) is 2.03. The zero-order valence-electron chi connectivity index (χ0n) is 13.4. The summed E-state index contributed by atoms with van der Waals surface area (Å²) >= 11 is 6.08. The maximum absolute atomic E-state index is 12.5. The van der Waals surface area contributed by atoms with E-state index in [-0.39, 0.29) is 15.6 Å². The molecule has 1 aromatic carbocycles. The van der Waals surface area contributed by atoms with E-state index >= 15 is 0 Å². The second kappa shape index (κ2) is 8.26. The highest BCUT2D eigenvalue weighted by Gasteiger charge is 2.37. The van der Waals surface area contributed by atoms with E-state index in [4.69, 9.17) is 12.2 Å². The minimum atomic E-state index is -1.55. The van der Waals surface area contributed by atoms with Gasteiger partial charge in [-0.1, -0.05) is 55.2 Å². The average molecular weight is 377 g/mol. The molecule has 1 fully saturated rings. The SMILES string of the molecule is CCc1ccc(/C=C2\SC(=S)N([C@H](CCC(=O)[O-])C(=O)[O-])C2=O)cc1. The standard InChI is InChI=1S/C17H17NO5S2/c1-2-10-3-5-11(6-4-10)9-13-15(21)18(17(24)25-13)12(16(22)23)7-8-14(19)20/h3-6,9,12H,2,7-8H2,1H3,(H,19,20)(H,22,23)/p-2/b13-9-/t12-/m1/s1. The first-order valence-corrected chi connectivity index (χ1v) is 8.82. The Hall–Kier alpha value is -2.19. The van der Waals surface area contributed by atoms with Gasteiger partial charge in [0.15, 0.2) is 0 Å². The maximum Gasteiger partial charge on any atom is 0.266 e. The Labute approximate surface area is 154 Å². The molecule has 1 atom stereocenters. The Morgan fingerprint density at radius 3 is 2.44 bits per heavy atom. The zero-order valence-corrected chi connectivity index (χ0v) is 15.0. The lowest BCUT2D eigenvalue weighted by atomic mass is 10.1. The summed E-state index contributed by atoms with van der Waals surface area (Å²) in [7, 11) is 0. The number of benzene rings is 1. The molecule has 0 spiro atoms. The van der Waals surface area contributed by atoms with E-state index in [0.717, 1.165) is 34.2 Å². The van der Waals surface area contributed by atoms with Crippen LogP contribution < -0.4 is 10.2 Å². The molecule has 1 aliphatic rings. The first-order chi connectivity index (χ1) is 11.8. The van der Waals surface area contributed by atoms with Gasteiger partial charge in [-0.05, 0) is 36.5 Å². The summed E-state index contributed by atoms with van der Waals surface area (Å²) in [5, 5.41) is 21.9. The van der Waals surface area contributed by atoms with Gasteiger partial charge < -0.3 is 19.8 Å². The van der Waals surface area contributed by atoms with Gasteiger partial charge in [0.25, 0.3) is 5.91 Å². The van der Waals surface area contributed by atoms with Crippen molar-refractivity contribution in [3.05, 3.63) is 40.3 Å². The van der Waals surface area contributed by atoms with Crippen molar-refractivity contribution in [2.24, 2.45) is 0 Å². The monoisotopic (exact) mass is 377 g/mol. The number of nitrogens with zero attached hydrogens (tertiary/aromatic N) is 1. The number of carbonyl (C=O) groups is 3. The molecule has 1 aromatic rings. The van der Waals surface area contributed by atoms with Gasteiger partial charge in [0.05, 0.1) is 16.9 Å². The van der Waals surface area contributed by atoms with Crippen LogP contribution in [0.1, 0.15) is 30.9 Å². The summed E-state index contributed by atoms with van der Waals surface area (Å²) in [6, 6.07) is 6.17. The van der Waals surface area contributed by atoms with Gasteiger partial charge >= 0.3 is 0 Å². The third-order valence-electron chi connectivity index (χ3n) is 3.71. The van der Waals surface area contributed by atoms with Crippen molar-refractivity contribution < 1.29 is 24.6 Å². The van der Waals surface area contributed by atoms with E-state index in [2.05, 4.69) is 0 Å². The van der Waals surface area contributed by atoms with Gasteiger partial charge in [0.2, 0.25) is 0 Å². The molecule has 2 rings (SSSR count). The number of carbonyl (C=O) groups excluding carboxylic acids is 3. The molecule has 1 aliphatic heterocycles. The zero-order chi connectivity index (χ0) is 18.6. The van der Waals surface area contributed by atoms with Crippen LogP contribution in [0.2, 0.25) is 0 Å². The molecule has 25 heavy (non-hydrogen) atoms. The fourth-order valence-corrected chi connectivity index (χ4v) is 3.71. The van der Waals surface area contributed by atoms with Crippen LogP contribution in [0.5, 0.6) is 0 Å². The predicted molar refractivity (Wildman–Crippen MR) is 93.9 cm³/mol. The highest BCUT2D eigenvalue weighted by molar-refractivity contribution is 8.26. The number of carboxylic acid groups (broad SMARTS) is 2. The van der Waals surface area contributed by atoms with Crippen LogP contribution in [-0.2, 0) is 20.8 Å². The molecule has 6 nitrogen and oxygen atoms in total. The molecule has 0 N–H and O–H groups in total. The molecule has 1 saturated heterocycles. The van der Waals surface area contributed by atoms with E-state index in [1.165, 1.54) is 0 Å². The van der Waals surface area contributed by atoms with Crippen LogP contribution in [0, 0.1) is 0 Å². The van der Waals surface area contributed by atoms with Crippen LogP contribution in [-0.4, -0.2) is 33.1 Å². The van der Waals surface area contributed by atoms with E-state index < -0.39 is 30.3 Å². The average Bonchev–Trinajstić information content (AvgIpc) is 2.83. The second-order valence-electron chi connectivity index (χ2n) is 5.39. The van der Waals surface area contributed by atoms with Crippen molar-refractivity contribution >= 4 is 52.2 Å². The van der Waals surface area contributed by atoms with Crippen LogP contribution in [0.15, 0.2) is 29.2 Å². The van der Waals surface area contributed by atoms with Crippen molar-refractivity contribution in [1.82, 2.24) is 4.90 Å². The highest BCUT2D eigenvalue weighted by atomic mass is 32.2. The van der Waals surface area contributed by atoms with Crippen molar-refractivity contribution in [3.63, 3.8) is 0 Å². The van der Waals surface area contributed by atoms with E-state index in [1.54, 1.807) is 6.08 Å². The number of aliphatic carboxylic acids is 2. The third kappa shape index (κ3) is 4.67. The molecule has 1 amide bonds. The number of hydrogen-bond donors (Lipinski definition) is 0. The molecule has 1 heterocycles. The van der Waals surface area contributed by atoms with Gasteiger partial charge in [-0.25, -0.2) is 0 Å². The van der Waals surface area contributed by atoms with Crippen LogP contribution in [0.25, 0.3) is 6.08 Å². The smallest absolute Gasteiger partial charge is 0.266 e. The normalized spacial score (nSPS) is 17.2. The number of carboxylic acids is 2. The summed E-state index contributed by atoms with van der Waals surface area (Å²) in [4.78, 5) is 35.6. The fourth-order valence-electron chi connectivity index (χ4n) is 2.36. The van der Waals surface area contributed by atoms with E-state index in [0.29, 0.717) is 0 Å². The Balaban J connectivity index is 2.23. The lowest BCUT2D eigenvalue weighted by molar-refractivity contribution is -0.311. The predicted octanol–water partition coefficient (Wildman–Crippen LogP) is 0.0988. The van der Waals surface area contributed by atoms with E-state index in [9.17, 15) is 24.6 Å². The Bertz CT molecular complexity index is 742. The van der Waals surface area contributed by atoms with Crippen molar-refractivity contribution in [2.45, 2.75) is 32.2 Å².